The number of nitrogens with two attached hydrogens (primary N) is 1. The molecule has 0 unspecified atom stereocenters. The SMILES string of the molecule is NCc1csc(S(=O)(=O)NCc2ccccc2Cl)c1. The highest BCUT2D eigenvalue weighted by Gasteiger charge is 2.16. The van der Waals surface area contributed by atoms with E-state index in [2.05, 4.69) is 4.72 Å². The van der Waals surface area contributed by atoms with Crippen LogP contribution >= 0.6 is 22.9 Å². The number of hydrogen-bond donors (Lipinski definition) is 2. The summed E-state index contributed by atoms with van der Waals surface area (Å²) in [5.74, 6) is 0. The fourth-order valence-corrected chi connectivity index (χ4v) is 3.96. The quantitative estimate of drug-likeness (QED) is 0.889. The Bertz CT molecular complexity index is 668. The van der Waals surface area contributed by atoms with Gasteiger partial charge in [-0.25, -0.2) is 13.1 Å². The van der Waals surface area contributed by atoms with Crippen molar-refractivity contribution in [1.29, 1.82) is 0 Å². The maximum absolute atomic E-state index is 12.1. The van der Waals surface area contributed by atoms with Gasteiger partial charge in [0.15, 0.2) is 0 Å². The fraction of sp³-hybridized carbons (Fsp3) is 0.167. The van der Waals surface area contributed by atoms with Gasteiger partial charge < -0.3 is 5.73 Å². The third kappa shape index (κ3) is 3.55. The lowest BCUT2D eigenvalue weighted by atomic mass is 10.2. The number of benzene rings is 1. The van der Waals surface area contributed by atoms with Gasteiger partial charge in [0.05, 0.1) is 0 Å². The Morgan fingerprint density at radius 1 is 1.32 bits per heavy atom. The molecule has 4 nitrogen and oxygen atoms in total. The number of thiophene rings is 1. The molecule has 0 aliphatic heterocycles. The van der Waals surface area contributed by atoms with Crippen molar-refractivity contribution in [1.82, 2.24) is 4.72 Å². The molecule has 0 saturated carbocycles. The van der Waals surface area contributed by atoms with Gasteiger partial charge in [0.25, 0.3) is 0 Å². The molecule has 0 aliphatic rings. The number of rotatable bonds is 5. The summed E-state index contributed by atoms with van der Waals surface area (Å²) in [6.45, 7) is 0.494. The minimum atomic E-state index is -3.51. The Kier molecular flexibility index (Phi) is 4.59. The summed E-state index contributed by atoms with van der Waals surface area (Å²) < 4.78 is 26.9. The van der Waals surface area contributed by atoms with E-state index < -0.39 is 10.0 Å². The summed E-state index contributed by atoms with van der Waals surface area (Å²) in [5, 5.41) is 2.28. The van der Waals surface area contributed by atoms with Crippen LogP contribution in [0, 0.1) is 0 Å². The van der Waals surface area contributed by atoms with E-state index in [0.717, 1.165) is 22.5 Å². The summed E-state index contributed by atoms with van der Waals surface area (Å²) >= 11 is 7.13. The molecule has 0 radical (unpaired) electrons. The van der Waals surface area contributed by atoms with Gasteiger partial charge in [-0.15, -0.1) is 11.3 Å². The standard InChI is InChI=1S/C12H13ClN2O2S2/c13-11-4-2-1-3-10(11)7-15-19(16,17)12-5-9(6-14)8-18-12/h1-5,8,15H,6-7,14H2. The Hall–Kier alpha value is -0.920. The van der Waals surface area contributed by atoms with Crippen LogP contribution in [0.1, 0.15) is 11.1 Å². The third-order valence-corrected chi connectivity index (χ3v) is 5.80. The molecule has 1 aromatic carbocycles. The fourth-order valence-electron chi connectivity index (χ4n) is 1.49. The summed E-state index contributed by atoms with van der Waals surface area (Å²) in [4.78, 5) is 0. The van der Waals surface area contributed by atoms with Gasteiger partial charge in [0.1, 0.15) is 4.21 Å². The smallest absolute Gasteiger partial charge is 0.250 e. The van der Waals surface area contributed by atoms with Gasteiger partial charge >= 0.3 is 0 Å². The number of halogens is 1. The van der Waals surface area contributed by atoms with Crippen molar-refractivity contribution in [2.75, 3.05) is 0 Å². The molecule has 0 spiro atoms. The Morgan fingerprint density at radius 3 is 2.68 bits per heavy atom. The van der Waals surface area contributed by atoms with Crippen molar-refractivity contribution in [3.05, 3.63) is 51.9 Å². The summed E-state index contributed by atoms with van der Waals surface area (Å²) in [5.41, 5.74) is 7.01. The minimum Gasteiger partial charge on any atom is -0.326 e. The van der Waals surface area contributed by atoms with Crippen LogP contribution in [0.25, 0.3) is 0 Å². The predicted molar refractivity (Wildman–Crippen MR) is 77.7 cm³/mol. The molecule has 0 amide bonds. The van der Waals surface area contributed by atoms with Crippen LogP contribution in [0.4, 0.5) is 0 Å². The zero-order valence-electron chi connectivity index (χ0n) is 9.97. The molecule has 1 heterocycles. The Morgan fingerprint density at radius 2 is 2.05 bits per heavy atom. The topological polar surface area (TPSA) is 72.2 Å². The second kappa shape index (κ2) is 6.02. The molecule has 0 atom stereocenters. The number of hydrogen-bond acceptors (Lipinski definition) is 4. The first-order valence-corrected chi connectivity index (χ1v) is 8.27. The van der Waals surface area contributed by atoms with E-state index in [1.807, 2.05) is 6.07 Å². The van der Waals surface area contributed by atoms with E-state index in [0.29, 0.717) is 11.6 Å². The van der Waals surface area contributed by atoms with Crippen molar-refractivity contribution >= 4 is 33.0 Å². The second-order valence-corrected chi connectivity index (χ2v) is 7.21. The van der Waals surface area contributed by atoms with Crippen LogP contribution in [-0.4, -0.2) is 8.42 Å². The average Bonchev–Trinajstić information content (AvgIpc) is 2.87. The monoisotopic (exact) mass is 316 g/mol. The molecule has 3 N–H and O–H groups in total. The zero-order chi connectivity index (χ0) is 13.9. The molecule has 0 fully saturated rings. The van der Waals surface area contributed by atoms with Gasteiger partial charge in [-0.3, -0.25) is 0 Å². The molecule has 2 aromatic rings. The maximum atomic E-state index is 12.1. The Balaban J connectivity index is 2.12. The first kappa shape index (κ1) is 14.5. The summed E-state index contributed by atoms with van der Waals surface area (Å²) in [7, 11) is -3.51. The van der Waals surface area contributed by atoms with Crippen molar-refractivity contribution in [3.63, 3.8) is 0 Å². The highest BCUT2D eigenvalue weighted by molar-refractivity contribution is 7.91. The van der Waals surface area contributed by atoms with Crippen LogP contribution in [-0.2, 0) is 23.1 Å². The van der Waals surface area contributed by atoms with E-state index in [1.54, 1.807) is 29.6 Å². The van der Waals surface area contributed by atoms with Gasteiger partial charge in [-0.05, 0) is 28.6 Å². The van der Waals surface area contributed by atoms with E-state index in [1.165, 1.54) is 0 Å². The van der Waals surface area contributed by atoms with Crippen molar-refractivity contribution in [2.45, 2.75) is 17.3 Å². The molecular formula is C12H13ClN2O2S2. The number of sulfonamides is 1. The van der Waals surface area contributed by atoms with Crippen LogP contribution in [0.2, 0.25) is 5.02 Å². The van der Waals surface area contributed by atoms with Gasteiger partial charge in [-0.2, -0.15) is 0 Å². The van der Waals surface area contributed by atoms with Crippen LogP contribution in [0.3, 0.4) is 0 Å². The predicted octanol–water partition coefficient (Wildman–Crippen LogP) is 2.34. The lowest BCUT2D eigenvalue weighted by Crippen LogP contribution is -2.22. The average molecular weight is 317 g/mol. The number of nitrogens with one attached hydrogen (secondary N) is 1. The first-order valence-electron chi connectivity index (χ1n) is 5.53. The van der Waals surface area contributed by atoms with Gasteiger partial charge in [0, 0.05) is 18.1 Å². The zero-order valence-corrected chi connectivity index (χ0v) is 12.4. The Labute approximate surface area is 121 Å². The highest BCUT2D eigenvalue weighted by Crippen LogP contribution is 2.21. The van der Waals surface area contributed by atoms with E-state index in [4.69, 9.17) is 17.3 Å². The van der Waals surface area contributed by atoms with Crippen LogP contribution in [0.15, 0.2) is 39.9 Å². The van der Waals surface area contributed by atoms with Gasteiger partial charge in [0.2, 0.25) is 10.0 Å². The molecule has 0 bridgehead atoms. The first-order chi connectivity index (χ1) is 9.03. The van der Waals surface area contributed by atoms with Crippen molar-refractivity contribution in [3.8, 4) is 0 Å². The van der Waals surface area contributed by atoms with Crippen molar-refractivity contribution in [2.24, 2.45) is 5.73 Å². The van der Waals surface area contributed by atoms with Crippen LogP contribution < -0.4 is 10.5 Å². The van der Waals surface area contributed by atoms with E-state index in [9.17, 15) is 8.42 Å². The maximum Gasteiger partial charge on any atom is 0.250 e. The van der Waals surface area contributed by atoms with E-state index >= 15 is 0 Å². The van der Waals surface area contributed by atoms with Gasteiger partial charge in [-0.1, -0.05) is 29.8 Å². The molecule has 7 heteroatoms. The molecular weight excluding hydrogens is 304 g/mol. The molecule has 1 aromatic heterocycles. The molecule has 19 heavy (non-hydrogen) atoms. The molecule has 2 rings (SSSR count). The lowest BCUT2D eigenvalue weighted by Gasteiger charge is -2.06. The molecule has 102 valence electrons. The van der Waals surface area contributed by atoms with E-state index in [-0.39, 0.29) is 10.8 Å². The summed E-state index contributed by atoms with van der Waals surface area (Å²) in [6, 6.07) is 8.70. The lowest BCUT2D eigenvalue weighted by molar-refractivity contribution is 0.583. The normalized spacial score (nSPS) is 11.7. The van der Waals surface area contributed by atoms with Crippen molar-refractivity contribution < 1.29 is 8.42 Å². The largest absolute Gasteiger partial charge is 0.326 e. The molecule has 0 aliphatic carbocycles. The second-order valence-electron chi connectivity index (χ2n) is 3.89. The summed E-state index contributed by atoms with van der Waals surface area (Å²) in [6.07, 6.45) is 0. The minimum absolute atomic E-state index is 0.165. The highest BCUT2D eigenvalue weighted by atomic mass is 35.5. The molecule has 0 saturated heterocycles. The van der Waals surface area contributed by atoms with Crippen LogP contribution in [0.5, 0.6) is 0 Å². The third-order valence-electron chi connectivity index (χ3n) is 2.54.